The average Bonchev–Trinajstić information content (AvgIpc) is 2.48. The maximum absolute atomic E-state index is 12.5. The van der Waals surface area contributed by atoms with Crippen molar-refractivity contribution in [1.82, 2.24) is 0 Å². The topological polar surface area (TPSA) is 84.5 Å². The van der Waals surface area contributed by atoms with Crippen LogP contribution in [-0.2, 0) is 14.8 Å². The van der Waals surface area contributed by atoms with Crippen molar-refractivity contribution < 1.29 is 17.9 Å². The van der Waals surface area contributed by atoms with Crippen LogP contribution < -0.4 is 14.8 Å². The average molecular weight is 348 g/mol. The predicted octanol–water partition coefficient (Wildman–Crippen LogP) is 3.23. The van der Waals surface area contributed by atoms with Crippen LogP contribution in [0.4, 0.5) is 11.4 Å². The van der Waals surface area contributed by atoms with Crippen molar-refractivity contribution in [2.45, 2.75) is 31.8 Å². The molecule has 0 aliphatic carbocycles. The van der Waals surface area contributed by atoms with Gasteiger partial charge >= 0.3 is 0 Å². The summed E-state index contributed by atoms with van der Waals surface area (Å²) in [5, 5.41) is 2.59. The number of sulfonamides is 1. The van der Waals surface area contributed by atoms with E-state index in [0.29, 0.717) is 17.1 Å². The van der Waals surface area contributed by atoms with Crippen LogP contribution in [-0.4, -0.2) is 20.4 Å². The zero-order chi connectivity index (χ0) is 17.7. The van der Waals surface area contributed by atoms with E-state index in [1.165, 1.54) is 19.1 Å². The standard InChI is InChI=1S/C17H20N2O4S/c1-12(2)23-14-8-10-15(11-9-14)24(21,22)19-17-7-5-4-6-16(17)18-13(3)20/h4-12,19H,1-3H3,(H,18,20). The molecule has 2 rings (SSSR count). The Morgan fingerprint density at radius 1 is 1.00 bits per heavy atom. The lowest BCUT2D eigenvalue weighted by Gasteiger charge is -2.13. The molecule has 0 aromatic heterocycles. The fourth-order valence-electron chi connectivity index (χ4n) is 2.04. The molecule has 0 fully saturated rings. The molecule has 2 aromatic rings. The molecule has 0 radical (unpaired) electrons. The number of hydrogen-bond donors (Lipinski definition) is 2. The van der Waals surface area contributed by atoms with Gasteiger partial charge in [-0.1, -0.05) is 12.1 Å². The van der Waals surface area contributed by atoms with Gasteiger partial charge in [0.15, 0.2) is 0 Å². The minimum Gasteiger partial charge on any atom is -0.491 e. The second-order valence-corrected chi connectivity index (χ2v) is 7.15. The highest BCUT2D eigenvalue weighted by atomic mass is 32.2. The van der Waals surface area contributed by atoms with Gasteiger partial charge in [-0.3, -0.25) is 9.52 Å². The number of hydrogen-bond acceptors (Lipinski definition) is 4. The van der Waals surface area contributed by atoms with Crippen LogP contribution in [0.1, 0.15) is 20.8 Å². The molecule has 0 spiro atoms. The highest BCUT2D eigenvalue weighted by Gasteiger charge is 2.16. The lowest BCUT2D eigenvalue weighted by atomic mass is 10.3. The molecule has 1 amide bonds. The third kappa shape index (κ3) is 4.73. The van der Waals surface area contributed by atoms with Crippen LogP contribution in [0.15, 0.2) is 53.4 Å². The molecule has 2 aromatic carbocycles. The van der Waals surface area contributed by atoms with E-state index in [1.54, 1.807) is 36.4 Å². The quantitative estimate of drug-likeness (QED) is 0.839. The normalized spacial score (nSPS) is 11.2. The van der Waals surface area contributed by atoms with E-state index in [1.807, 2.05) is 13.8 Å². The molecule has 0 aliphatic rings. The van der Waals surface area contributed by atoms with Crippen molar-refractivity contribution in [3.63, 3.8) is 0 Å². The fraction of sp³-hybridized carbons (Fsp3) is 0.235. The Morgan fingerprint density at radius 2 is 1.58 bits per heavy atom. The van der Waals surface area contributed by atoms with E-state index in [0.717, 1.165) is 0 Å². The zero-order valence-corrected chi connectivity index (χ0v) is 14.6. The summed E-state index contributed by atoms with van der Waals surface area (Å²) in [6.07, 6.45) is 0.00937. The van der Waals surface area contributed by atoms with Crippen molar-refractivity contribution in [1.29, 1.82) is 0 Å². The van der Waals surface area contributed by atoms with Crippen LogP contribution in [0, 0.1) is 0 Å². The molecule has 6 nitrogen and oxygen atoms in total. The monoisotopic (exact) mass is 348 g/mol. The van der Waals surface area contributed by atoms with Crippen molar-refractivity contribution in [3.8, 4) is 5.75 Å². The Kier molecular flexibility index (Phi) is 5.46. The van der Waals surface area contributed by atoms with Gasteiger partial charge in [0.25, 0.3) is 10.0 Å². The Labute approximate surface area is 141 Å². The van der Waals surface area contributed by atoms with Crippen molar-refractivity contribution in [2.24, 2.45) is 0 Å². The van der Waals surface area contributed by atoms with Gasteiger partial charge in [0.2, 0.25) is 5.91 Å². The number of rotatable bonds is 6. The maximum Gasteiger partial charge on any atom is 0.261 e. The van der Waals surface area contributed by atoms with Crippen LogP contribution in [0.5, 0.6) is 5.75 Å². The molecule has 0 saturated heterocycles. The van der Waals surface area contributed by atoms with Crippen molar-refractivity contribution in [3.05, 3.63) is 48.5 Å². The zero-order valence-electron chi connectivity index (χ0n) is 13.7. The molecule has 2 N–H and O–H groups in total. The van der Waals surface area contributed by atoms with Crippen LogP contribution >= 0.6 is 0 Å². The number of benzene rings is 2. The Hall–Kier alpha value is -2.54. The molecule has 0 saturated carbocycles. The summed E-state index contributed by atoms with van der Waals surface area (Å²) in [5.41, 5.74) is 0.698. The summed E-state index contributed by atoms with van der Waals surface area (Å²) in [6.45, 7) is 5.15. The first kappa shape index (κ1) is 17.8. The third-order valence-electron chi connectivity index (χ3n) is 2.99. The van der Waals surface area contributed by atoms with Gasteiger partial charge in [0.05, 0.1) is 22.4 Å². The second-order valence-electron chi connectivity index (χ2n) is 5.47. The predicted molar refractivity (Wildman–Crippen MR) is 93.8 cm³/mol. The molecule has 0 bridgehead atoms. The molecular formula is C17H20N2O4S. The molecule has 128 valence electrons. The highest BCUT2D eigenvalue weighted by molar-refractivity contribution is 7.92. The van der Waals surface area contributed by atoms with Crippen LogP contribution in [0.3, 0.4) is 0 Å². The van der Waals surface area contributed by atoms with Gasteiger partial charge in [0.1, 0.15) is 5.75 Å². The summed E-state index contributed by atoms with van der Waals surface area (Å²) in [7, 11) is -3.77. The first-order valence-corrected chi connectivity index (χ1v) is 8.92. The van der Waals surface area contributed by atoms with Crippen molar-refractivity contribution in [2.75, 3.05) is 10.0 Å². The first-order valence-electron chi connectivity index (χ1n) is 7.44. The molecule has 24 heavy (non-hydrogen) atoms. The van der Waals surface area contributed by atoms with Crippen LogP contribution in [0.2, 0.25) is 0 Å². The smallest absolute Gasteiger partial charge is 0.261 e. The van der Waals surface area contributed by atoms with Crippen LogP contribution in [0.25, 0.3) is 0 Å². The summed E-state index contributed by atoms with van der Waals surface area (Å²) in [4.78, 5) is 11.3. The summed E-state index contributed by atoms with van der Waals surface area (Å²) < 4.78 is 33.0. The molecular weight excluding hydrogens is 328 g/mol. The molecule has 0 atom stereocenters. The summed E-state index contributed by atoms with van der Waals surface area (Å²) >= 11 is 0. The lowest BCUT2D eigenvalue weighted by Crippen LogP contribution is -2.15. The summed E-state index contributed by atoms with van der Waals surface area (Å²) in [6, 6.07) is 12.8. The van der Waals surface area contributed by atoms with E-state index < -0.39 is 10.0 Å². The van der Waals surface area contributed by atoms with Crippen molar-refractivity contribution >= 4 is 27.3 Å². The number of carbonyl (C=O) groups excluding carboxylic acids is 1. The number of amides is 1. The van der Waals surface area contributed by atoms with E-state index in [9.17, 15) is 13.2 Å². The van der Waals surface area contributed by atoms with E-state index in [4.69, 9.17) is 4.74 Å². The largest absolute Gasteiger partial charge is 0.491 e. The van der Waals surface area contributed by atoms with Gasteiger partial charge in [-0.15, -0.1) is 0 Å². The molecule has 0 aliphatic heterocycles. The number of ether oxygens (including phenoxy) is 1. The lowest BCUT2D eigenvalue weighted by molar-refractivity contribution is -0.114. The van der Waals surface area contributed by atoms with Gasteiger partial charge in [-0.2, -0.15) is 0 Å². The third-order valence-corrected chi connectivity index (χ3v) is 4.37. The second kappa shape index (κ2) is 7.35. The minimum absolute atomic E-state index is 0.00937. The number of para-hydroxylation sites is 2. The van der Waals surface area contributed by atoms with E-state index in [-0.39, 0.29) is 16.9 Å². The number of nitrogens with one attached hydrogen (secondary N) is 2. The van der Waals surface area contributed by atoms with Gasteiger partial charge in [-0.05, 0) is 50.2 Å². The SMILES string of the molecule is CC(=O)Nc1ccccc1NS(=O)(=O)c1ccc(OC(C)C)cc1. The molecule has 7 heteroatoms. The van der Waals surface area contributed by atoms with Gasteiger partial charge in [0, 0.05) is 6.92 Å². The number of carbonyl (C=O) groups is 1. The Morgan fingerprint density at radius 3 is 2.12 bits per heavy atom. The van der Waals surface area contributed by atoms with Gasteiger partial charge < -0.3 is 10.1 Å². The minimum atomic E-state index is -3.77. The Bertz CT molecular complexity index is 815. The van der Waals surface area contributed by atoms with Gasteiger partial charge in [-0.25, -0.2) is 8.42 Å². The molecule has 0 heterocycles. The number of anilines is 2. The fourth-order valence-corrected chi connectivity index (χ4v) is 3.12. The summed E-state index contributed by atoms with van der Waals surface area (Å²) in [5.74, 6) is 0.319. The Balaban J connectivity index is 2.24. The first-order chi connectivity index (χ1) is 11.3. The van der Waals surface area contributed by atoms with E-state index >= 15 is 0 Å². The maximum atomic E-state index is 12.5. The highest BCUT2D eigenvalue weighted by Crippen LogP contribution is 2.25. The van der Waals surface area contributed by atoms with E-state index in [2.05, 4.69) is 10.0 Å². The molecule has 0 unspecified atom stereocenters.